The first-order valence-corrected chi connectivity index (χ1v) is 3.80. The Morgan fingerprint density at radius 2 is 2.00 bits per heavy atom. The summed E-state index contributed by atoms with van der Waals surface area (Å²) in [7, 11) is 1.35. The topological polar surface area (TPSA) is 35.5 Å². The highest BCUT2D eigenvalue weighted by Crippen LogP contribution is 1.83. The van der Waals surface area contributed by atoms with E-state index in [-0.39, 0.29) is 5.97 Å². The molecule has 0 aromatic heterocycles. The maximum absolute atomic E-state index is 9.59. The molecule has 66 valence electrons. The SMILES string of the molecule is CCOC(=S)S.COC(C)=O. The summed E-state index contributed by atoms with van der Waals surface area (Å²) < 4.78 is 9.07. The van der Waals surface area contributed by atoms with Gasteiger partial charge in [0.1, 0.15) is 0 Å². The minimum absolute atomic E-state index is 0.245. The zero-order valence-corrected chi connectivity index (χ0v) is 8.50. The Bertz CT molecular complexity index is 125. The van der Waals surface area contributed by atoms with E-state index in [1.54, 1.807) is 0 Å². The Morgan fingerprint density at radius 3 is 2.00 bits per heavy atom. The molecule has 0 rings (SSSR count). The standard InChI is InChI=1S/C3H6O2.C3H6OS2/c1-3(4)5-2;1-2-4-3(5)6/h1-2H3;2H2,1H3,(H,5,6). The van der Waals surface area contributed by atoms with Crippen molar-refractivity contribution >= 4 is 35.2 Å². The van der Waals surface area contributed by atoms with Crippen LogP contribution in [0.4, 0.5) is 0 Å². The Labute approximate surface area is 77.5 Å². The second kappa shape index (κ2) is 9.71. The molecule has 0 aliphatic carbocycles. The van der Waals surface area contributed by atoms with E-state index in [1.807, 2.05) is 6.92 Å². The zero-order chi connectivity index (χ0) is 9.28. The lowest BCUT2D eigenvalue weighted by molar-refractivity contribution is -0.137. The van der Waals surface area contributed by atoms with Crippen molar-refractivity contribution < 1.29 is 14.3 Å². The Morgan fingerprint density at radius 1 is 1.64 bits per heavy atom. The molecule has 0 aliphatic heterocycles. The third-order valence-electron chi connectivity index (χ3n) is 0.555. The lowest BCUT2D eigenvalue weighted by Crippen LogP contribution is -1.89. The summed E-state index contributed by atoms with van der Waals surface area (Å²) in [5, 5.41) is 0. The fourth-order valence-corrected chi connectivity index (χ4v) is 0.370. The van der Waals surface area contributed by atoms with Crippen LogP contribution >= 0.6 is 24.8 Å². The van der Waals surface area contributed by atoms with E-state index in [0.717, 1.165) is 0 Å². The summed E-state index contributed by atoms with van der Waals surface area (Å²) in [6.45, 7) is 3.84. The van der Waals surface area contributed by atoms with Gasteiger partial charge in [-0.3, -0.25) is 4.79 Å². The quantitative estimate of drug-likeness (QED) is 0.391. The van der Waals surface area contributed by atoms with Gasteiger partial charge in [0, 0.05) is 6.92 Å². The number of carbonyl (C=O) groups is 1. The van der Waals surface area contributed by atoms with Crippen molar-refractivity contribution in [3.63, 3.8) is 0 Å². The molecule has 0 heterocycles. The van der Waals surface area contributed by atoms with E-state index in [0.29, 0.717) is 11.0 Å². The fraction of sp³-hybridized carbons (Fsp3) is 0.667. The average molecular weight is 196 g/mol. The normalized spacial score (nSPS) is 7.27. The van der Waals surface area contributed by atoms with Crippen LogP contribution in [0.3, 0.4) is 0 Å². The average Bonchev–Trinajstić information content (AvgIpc) is 1.89. The van der Waals surface area contributed by atoms with Crippen molar-refractivity contribution in [2.75, 3.05) is 13.7 Å². The van der Waals surface area contributed by atoms with Crippen LogP contribution in [0.5, 0.6) is 0 Å². The van der Waals surface area contributed by atoms with E-state index in [1.165, 1.54) is 14.0 Å². The second-order valence-corrected chi connectivity index (χ2v) is 2.47. The number of carbonyl (C=O) groups excluding carboxylic acids is 1. The third-order valence-corrected chi connectivity index (χ3v) is 0.802. The second-order valence-electron chi connectivity index (χ2n) is 1.39. The highest BCUT2D eigenvalue weighted by Gasteiger charge is 1.77. The molecule has 0 saturated carbocycles. The van der Waals surface area contributed by atoms with Gasteiger partial charge in [0.05, 0.1) is 13.7 Å². The summed E-state index contributed by atoms with van der Waals surface area (Å²) in [4.78, 5) is 9.59. The molecule has 5 heteroatoms. The molecule has 0 bridgehead atoms. The van der Waals surface area contributed by atoms with Crippen LogP contribution in [0.25, 0.3) is 0 Å². The van der Waals surface area contributed by atoms with Crippen molar-refractivity contribution in [1.29, 1.82) is 0 Å². The minimum atomic E-state index is -0.245. The van der Waals surface area contributed by atoms with Gasteiger partial charge in [0.2, 0.25) is 4.38 Å². The molecular formula is C6H12O3S2. The molecule has 0 spiro atoms. The number of thiocarbonyl (C=S) groups is 1. The minimum Gasteiger partial charge on any atom is -0.479 e. The molecule has 0 aromatic rings. The van der Waals surface area contributed by atoms with Crippen LogP contribution in [0.2, 0.25) is 0 Å². The summed E-state index contributed by atoms with van der Waals surface area (Å²) in [6.07, 6.45) is 0. The monoisotopic (exact) mass is 196 g/mol. The molecule has 0 unspecified atom stereocenters. The number of methoxy groups -OCH3 is 1. The van der Waals surface area contributed by atoms with Crippen LogP contribution < -0.4 is 0 Å². The Kier molecular flexibility index (Phi) is 11.7. The summed E-state index contributed by atoms with van der Waals surface area (Å²) >= 11 is 8.12. The van der Waals surface area contributed by atoms with Crippen LogP contribution in [-0.2, 0) is 14.3 Å². The van der Waals surface area contributed by atoms with Gasteiger partial charge in [-0.25, -0.2) is 0 Å². The summed E-state index contributed by atoms with van der Waals surface area (Å²) in [5.74, 6) is -0.245. The van der Waals surface area contributed by atoms with Crippen molar-refractivity contribution in [2.24, 2.45) is 0 Å². The van der Waals surface area contributed by atoms with Gasteiger partial charge in [-0.1, -0.05) is 12.6 Å². The first kappa shape index (κ1) is 13.3. The van der Waals surface area contributed by atoms with Gasteiger partial charge in [0.25, 0.3) is 0 Å². The summed E-state index contributed by atoms with van der Waals surface area (Å²) in [6, 6.07) is 0. The predicted molar refractivity (Wildman–Crippen MR) is 50.9 cm³/mol. The van der Waals surface area contributed by atoms with E-state index in [9.17, 15) is 4.79 Å². The third kappa shape index (κ3) is 26.0. The van der Waals surface area contributed by atoms with Gasteiger partial charge < -0.3 is 9.47 Å². The predicted octanol–water partition coefficient (Wildman–Crippen LogP) is 1.42. The van der Waals surface area contributed by atoms with Crippen LogP contribution in [-0.4, -0.2) is 24.1 Å². The van der Waals surface area contributed by atoms with Gasteiger partial charge in [0.15, 0.2) is 0 Å². The van der Waals surface area contributed by atoms with Gasteiger partial charge in [-0.2, -0.15) is 0 Å². The molecule has 0 amide bonds. The molecule has 0 radical (unpaired) electrons. The van der Waals surface area contributed by atoms with Crippen molar-refractivity contribution in [2.45, 2.75) is 13.8 Å². The van der Waals surface area contributed by atoms with Gasteiger partial charge >= 0.3 is 5.97 Å². The smallest absolute Gasteiger partial charge is 0.302 e. The fourth-order valence-electron chi connectivity index (χ4n) is 0.123. The van der Waals surface area contributed by atoms with E-state index in [2.05, 4.69) is 34.3 Å². The highest BCUT2D eigenvalue weighted by atomic mass is 32.1. The molecular weight excluding hydrogens is 184 g/mol. The number of thiol groups is 1. The summed E-state index contributed by atoms with van der Waals surface area (Å²) in [5.41, 5.74) is 0. The van der Waals surface area contributed by atoms with Crippen LogP contribution in [0, 0.1) is 0 Å². The molecule has 0 saturated heterocycles. The molecule has 3 nitrogen and oxygen atoms in total. The first-order valence-electron chi connectivity index (χ1n) is 2.94. The molecule has 0 fully saturated rings. The lowest BCUT2D eigenvalue weighted by Gasteiger charge is -1.92. The molecule has 0 N–H and O–H groups in total. The number of hydrogen-bond donors (Lipinski definition) is 1. The van der Waals surface area contributed by atoms with E-state index < -0.39 is 0 Å². The first-order chi connectivity index (χ1) is 5.04. The lowest BCUT2D eigenvalue weighted by atomic mass is 10.8. The van der Waals surface area contributed by atoms with E-state index in [4.69, 9.17) is 0 Å². The van der Waals surface area contributed by atoms with E-state index >= 15 is 0 Å². The molecule has 0 atom stereocenters. The molecule has 11 heavy (non-hydrogen) atoms. The number of rotatable bonds is 1. The van der Waals surface area contributed by atoms with Crippen molar-refractivity contribution in [1.82, 2.24) is 0 Å². The maximum atomic E-state index is 9.59. The van der Waals surface area contributed by atoms with Crippen molar-refractivity contribution in [3.05, 3.63) is 0 Å². The number of ether oxygens (including phenoxy) is 2. The maximum Gasteiger partial charge on any atom is 0.302 e. The largest absolute Gasteiger partial charge is 0.479 e. The van der Waals surface area contributed by atoms with Gasteiger partial charge in [-0.05, 0) is 19.1 Å². The van der Waals surface area contributed by atoms with Crippen LogP contribution in [0.1, 0.15) is 13.8 Å². The van der Waals surface area contributed by atoms with Gasteiger partial charge in [-0.15, -0.1) is 0 Å². The van der Waals surface area contributed by atoms with Crippen molar-refractivity contribution in [3.8, 4) is 0 Å². The Hall–Kier alpha value is -0.290. The number of hydrogen-bond acceptors (Lipinski definition) is 4. The Balaban J connectivity index is 0. The molecule has 0 aromatic carbocycles. The zero-order valence-electron chi connectivity index (χ0n) is 6.79. The number of esters is 1. The van der Waals surface area contributed by atoms with Crippen LogP contribution in [0.15, 0.2) is 0 Å². The molecule has 0 aliphatic rings. The highest BCUT2D eigenvalue weighted by molar-refractivity contribution is 8.10.